The van der Waals surface area contributed by atoms with Gasteiger partial charge in [-0.1, -0.05) is 24.3 Å². The van der Waals surface area contributed by atoms with Gasteiger partial charge in [-0.2, -0.15) is 5.26 Å². The molecular formula is C16H15N3O3. The van der Waals surface area contributed by atoms with Crippen LogP contribution in [-0.4, -0.2) is 28.0 Å². The number of hydrogen-bond acceptors (Lipinski definition) is 4. The van der Waals surface area contributed by atoms with Crippen LogP contribution in [0, 0.1) is 17.2 Å². The summed E-state index contributed by atoms with van der Waals surface area (Å²) >= 11 is 0. The van der Waals surface area contributed by atoms with E-state index < -0.39 is 23.8 Å². The van der Waals surface area contributed by atoms with Crippen LogP contribution < -0.4 is 5.32 Å². The van der Waals surface area contributed by atoms with E-state index in [9.17, 15) is 9.59 Å². The molecule has 112 valence electrons. The summed E-state index contributed by atoms with van der Waals surface area (Å²) in [6, 6.07) is 11.5. The van der Waals surface area contributed by atoms with Crippen molar-refractivity contribution >= 4 is 22.8 Å². The average molecular weight is 297 g/mol. The Kier molecular flexibility index (Phi) is 4.69. The minimum Gasteiger partial charge on any atom is -0.480 e. The molecule has 0 aliphatic heterocycles. The normalized spacial score (nSPS) is 13.1. The van der Waals surface area contributed by atoms with Crippen LogP contribution in [0.1, 0.15) is 23.8 Å². The lowest BCUT2D eigenvalue weighted by Gasteiger charge is -2.15. The van der Waals surface area contributed by atoms with E-state index in [1.165, 1.54) is 0 Å². The zero-order chi connectivity index (χ0) is 16.1. The fourth-order valence-corrected chi connectivity index (χ4v) is 2.05. The SMILES string of the molecule is C[C@H](C#N)C[C@H](NC(=O)c1ccc2ccccc2n1)C(=O)O. The van der Waals surface area contributed by atoms with Crippen molar-refractivity contribution in [2.45, 2.75) is 19.4 Å². The molecule has 1 heterocycles. The first kappa shape index (κ1) is 15.4. The predicted octanol–water partition coefficient (Wildman–Crippen LogP) is 1.97. The topological polar surface area (TPSA) is 103 Å². The van der Waals surface area contributed by atoms with E-state index in [-0.39, 0.29) is 12.1 Å². The molecule has 6 nitrogen and oxygen atoms in total. The summed E-state index contributed by atoms with van der Waals surface area (Å²) in [6.07, 6.45) is 0.0468. The fourth-order valence-electron chi connectivity index (χ4n) is 2.05. The van der Waals surface area contributed by atoms with Crippen LogP contribution in [0.25, 0.3) is 10.9 Å². The Morgan fingerprint density at radius 3 is 2.73 bits per heavy atom. The van der Waals surface area contributed by atoms with E-state index in [1.54, 1.807) is 25.1 Å². The lowest BCUT2D eigenvalue weighted by atomic mass is 10.0. The van der Waals surface area contributed by atoms with E-state index in [0.29, 0.717) is 5.52 Å². The number of pyridine rings is 1. The molecule has 0 aliphatic rings. The minimum atomic E-state index is -1.17. The maximum Gasteiger partial charge on any atom is 0.326 e. The first-order valence-corrected chi connectivity index (χ1v) is 6.80. The van der Waals surface area contributed by atoms with Crippen molar-refractivity contribution in [3.63, 3.8) is 0 Å². The van der Waals surface area contributed by atoms with Crippen molar-refractivity contribution in [1.29, 1.82) is 5.26 Å². The van der Waals surface area contributed by atoms with Gasteiger partial charge in [0.2, 0.25) is 0 Å². The Morgan fingerprint density at radius 2 is 2.05 bits per heavy atom. The average Bonchev–Trinajstić information content (AvgIpc) is 2.53. The lowest BCUT2D eigenvalue weighted by molar-refractivity contribution is -0.139. The van der Waals surface area contributed by atoms with Gasteiger partial charge in [0, 0.05) is 11.3 Å². The number of rotatable bonds is 5. The number of nitrogens with zero attached hydrogens (tertiary/aromatic N) is 2. The first-order chi connectivity index (χ1) is 10.5. The summed E-state index contributed by atoms with van der Waals surface area (Å²) in [7, 11) is 0. The van der Waals surface area contributed by atoms with Gasteiger partial charge >= 0.3 is 5.97 Å². The number of para-hydroxylation sites is 1. The van der Waals surface area contributed by atoms with Gasteiger partial charge in [-0.05, 0) is 25.5 Å². The Balaban J connectivity index is 2.18. The highest BCUT2D eigenvalue weighted by Gasteiger charge is 2.23. The summed E-state index contributed by atoms with van der Waals surface area (Å²) in [5.74, 6) is -2.20. The highest BCUT2D eigenvalue weighted by atomic mass is 16.4. The molecule has 0 fully saturated rings. The molecule has 0 saturated carbocycles. The second-order valence-corrected chi connectivity index (χ2v) is 5.02. The van der Waals surface area contributed by atoms with E-state index in [2.05, 4.69) is 10.3 Å². The maximum atomic E-state index is 12.2. The molecule has 2 rings (SSSR count). The van der Waals surface area contributed by atoms with Crippen molar-refractivity contribution in [2.24, 2.45) is 5.92 Å². The number of carboxylic acid groups (broad SMARTS) is 1. The monoisotopic (exact) mass is 297 g/mol. The third-order valence-corrected chi connectivity index (χ3v) is 3.24. The highest BCUT2D eigenvalue weighted by molar-refractivity contribution is 5.96. The van der Waals surface area contributed by atoms with Crippen molar-refractivity contribution in [2.75, 3.05) is 0 Å². The van der Waals surface area contributed by atoms with Gasteiger partial charge in [-0.3, -0.25) is 4.79 Å². The number of aliphatic carboxylic acids is 1. The molecule has 0 saturated heterocycles. The van der Waals surface area contributed by atoms with E-state index in [1.807, 2.05) is 24.3 Å². The number of nitriles is 1. The maximum absolute atomic E-state index is 12.2. The number of fused-ring (bicyclic) bond motifs is 1. The largest absolute Gasteiger partial charge is 0.480 e. The summed E-state index contributed by atoms with van der Waals surface area (Å²) in [5, 5.41) is 21.2. The molecule has 2 aromatic rings. The number of carbonyl (C=O) groups excluding carboxylic acids is 1. The van der Waals surface area contributed by atoms with Crippen LogP contribution in [0.2, 0.25) is 0 Å². The molecule has 0 aliphatic carbocycles. The molecule has 0 unspecified atom stereocenters. The van der Waals surface area contributed by atoms with Crippen LogP contribution in [0.15, 0.2) is 36.4 Å². The third kappa shape index (κ3) is 3.58. The molecule has 6 heteroatoms. The van der Waals surface area contributed by atoms with Crippen molar-refractivity contribution in [3.8, 4) is 6.07 Å². The minimum absolute atomic E-state index is 0.0468. The summed E-state index contributed by atoms with van der Waals surface area (Å²) < 4.78 is 0. The number of carboxylic acids is 1. The van der Waals surface area contributed by atoms with Gasteiger partial charge in [0.05, 0.1) is 11.6 Å². The summed E-state index contributed by atoms with van der Waals surface area (Å²) in [4.78, 5) is 27.6. The number of hydrogen-bond donors (Lipinski definition) is 2. The fraction of sp³-hybridized carbons (Fsp3) is 0.250. The zero-order valence-electron chi connectivity index (χ0n) is 12.0. The molecule has 2 atom stereocenters. The van der Waals surface area contributed by atoms with Crippen molar-refractivity contribution in [1.82, 2.24) is 10.3 Å². The smallest absolute Gasteiger partial charge is 0.326 e. The number of benzene rings is 1. The van der Waals surface area contributed by atoms with Crippen LogP contribution in [0.3, 0.4) is 0 Å². The summed E-state index contributed by atoms with van der Waals surface area (Å²) in [6.45, 7) is 1.61. The number of nitrogens with one attached hydrogen (secondary N) is 1. The number of carbonyl (C=O) groups is 2. The Morgan fingerprint density at radius 1 is 1.32 bits per heavy atom. The quantitative estimate of drug-likeness (QED) is 0.878. The van der Waals surface area contributed by atoms with Gasteiger partial charge in [0.1, 0.15) is 11.7 Å². The van der Waals surface area contributed by atoms with Gasteiger partial charge < -0.3 is 10.4 Å². The lowest BCUT2D eigenvalue weighted by Crippen LogP contribution is -2.42. The van der Waals surface area contributed by atoms with E-state index in [0.717, 1.165) is 5.39 Å². The Hall–Kier alpha value is -2.94. The molecule has 0 bridgehead atoms. The second-order valence-electron chi connectivity index (χ2n) is 5.02. The molecule has 0 spiro atoms. The van der Waals surface area contributed by atoms with Gasteiger partial charge in [0.25, 0.3) is 5.91 Å². The first-order valence-electron chi connectivity index (χ1n) is 6.80. The molecule has 0 radical (unpaired) electrons. The molecule has 1 amide bonds. The van der Waals surface area contributed by atoms with Crippen LogP contribution in [-0.2, 0) is 4.79 Å². The van der Waals surface area contributed by atoms with Gasteiger partial charge in [-0.25, -0.2) is 9.78 Å². The van der Waals surface area contributed by atoms with Crippen LogP contribution in [0.5, 0.6) is 0 Å². The molecular weight excluding hydrogens is 282 g/mol. The third-order valence-electron chi connectivity index (χ3n) is 3.24. The van der Waals surface area contributed by atoms with Crippen LogP contribution in [0.4, 0.5) is 0 Å². The Labute approximate surface area is 127 Å². The van der Waals surface area contributed by atoms with Crippen LogP contribution >= 0.6 is 0 Å². The predicted molar refractivity (Wildman–Crippen MR) is 80.0 cm³/mol. The standard InChI is InChI=1S/C16H15N3O3/c1-10(9-17)8-14(16(21)22)19-15(20)13-7-6-11-4-2-3-5-12(11)18-13/h2-7,10,14H,8H2,1H3,(H,19,20)(H,21,22)/t10-,14-/m0/s1. The molecule has 22 heavy (non-hydrogen) atoms. The molecule has 1 aromatic carbocycles. The number of amides is 1. The van der Waals surface area contributed by atoms with E-state index >= 15 is 0 Å². The highest BCUT2D eigenvalue weighted by Crippen LogP contribution is 2.12. The van der Waals surface area contributed by atoms with Gasteiger partial charge in [0.15, 0.2) is 0 Å². The van der Waals surface area contributed by atoms with Crippen molar-refractivity contribution < 1.29 is 14.7 Å². The van der Waals surface area contributed by atoms with Gasteiger partial charge in [-0.15, -0.1) is 0 Å². The second kappa shape index (κ2) is 6.68. The zero-order valence-corrected chi connectivity index (χ0v) is 12.0. The molecule has 1 aromatic heterocycles. The Bertz CT molecular complexity index is 752. The molecule has 2 N–H and O–H groups in total. The van der Waals surface area contributed by atoms with E-state index in [4.69, 9.17) is 10.4 Å². The number of aromatic nitrogens is 1. The van der Waals surface area contributed by atoms with Crippen molar-refractivity contribution in [3.05, 3.63) is 42.1 Å². The summed E-state index contributed by atoms with van der Waals surface area (Å²) in [5.41, 5.74) is 0.807.